The van der Waals surface area contributed by atoms with E-state index in [0.717, 1.165) is 17.1 Å². The second-order valence-corrected chi connectivity index (χ2v) is 6.43. The maximum absolute atomic E-state index is 12.7. The molecular formula is C15H8Cl2F6N6O. The van der Waals surface area contributed by atoms with Gasteiger partial charge < -0.3 is 10.4 Å². The number of halogens is 8. The van der Waals surface area contributed by atoms with Crippen LogP contribution < -0.4 is 5.32 Å². The summed E-state index contributed by atoms with van der Waals surface area (Å²) in [5, 5.41) is 15.4. The van der Waals surface area contributed by atoms with Crippen LogP contribution in [-0.2, 0) is 12.4 Å². The van der Waals surface area contributed by atoms with E-state index in [-0.39, 0.29) is 22.4 Å². The van der Waals surface area contributed by atoms with Gasteiger partial charge in [-0.25, -0.2) is 9.97 Å². The molecule has 0 saturated carbocycles. The summed E-state index contributed by atoms with van der Waals surface area (Å²) < 4.78 is 76.9. The van der Waals surface area contributed by atoms with Gasteiger partial charge in [0.2, 0.25) is 5.95 Å². The van der Waals surface area contributed by atoms with Crippen LogP contribution in [0.15, 0.2) is 30.7 Å². The molecule has 0 aliphatic rings. The van der Waals surface area contributed by atoms with Crippen molar-refractivity contribution in [1.29, 1.82) is 0 Å². The smallest absolute Gasteiger partial charge is 0.369 e. The first-order valence-corrected chi connectivity index (χ1v) is 8.45. The van der Waals surface area contributed by atoms with Crippen LogP contribution in [0.5, 0.6) is 0 Å². The zero-order valence-corrected chi connectivity index (χ0v) is 15.7. The Labute approximate surface area is 173 Å². The van der Waals surface area contributed by atoms with E-state index in [2.05, 4.69) is 25.4 Å². The average Bonchev–Trinajstić information content (AvgIpc) is 3.08. The summed E-state index contributed by atoms with van der Waals surface area (Å²) in [4.78, 5) is 10.5. The van der Waals surface area contributed by atoms with E-state index >= 15 is 0 Å². The number of anilines is 1. The number of nitrogens with one attached hydrogen (secondary N) is 1. The molecule has 30 heavy (non-hydrogen) atoms. The molecule has 0 spiro atoms. The Morgan fingerprint density at radius 2 is 1.73 bits per heavy atom. The number of nitrogens with zero attached hydrogens (tertiary/aromatic N) is 5. The molecular weight excluding hydrogens is 465 g/mol. The van der Waals surface area contributed by atoms with Crippen LogP contribution in [0.1, 0.15) is 23.0 Å². The van der Waals surface area contributed by atoms with Gasteiger partial charge in [0.15, 0.2) is 12.0 Å². The van der Waals surface area contributed by atoms with E-state index < -0.39 is 35.0 Å². The molecule has 0 aliphatic heterocycles. The van der Waals surface area contributed by atoms with Crippen molar-refractivity contribution in [3.63, 3.8) is 0 Å². The standard InChI is InChI=1S/C15H8Cl2F6N6O/c16-8-3-6(14(18,19)20)4-24-11(8)29-5-25-13(28-29)27-12(30)7-1-2-9(15(21,22)23)26-10(7)17/h1-5,12,30H,(H,27,28). The Kier molecular flexibility index (Phi) is 5.80. The Bertz CT molecular complexity index is 1070. The molecule has 15 heteroatoms. The van der Waals surface area contributed by atoms with Crippen LogP contribution in [0.2, 0.25) is 10.2 Å². The fraction of sp³-hybridized carbons (Fsp3) is 0.200. The molecule has 0 bridgehead atoms. The molecule has 7 nitrogen and oxygen atoms in total. The Morgan fingerprint density at radius 1 is 1.03 bits per heavy atom. The van der Waals surface area contributed by atoms with Crippen molar-refractivity contribution in [2.75, 3.05) is 5.32 Å². The zero-order chi connectivity index (χ0) is 22.3. The number of pyridine rings is 2. The third-order valence-corrected chi connectivity index (χ3v) is 4.17. The largest absolute Gasteiger partial charge is 0.433 e. The summed E-state index contributed by atoms with van der Waals surface area (Å²) in [6.45, 7) is 0. The van der Waals surface area contributed by atoms with Gasteiger partial charge in [-0.1, -0.05) is 23.2 Å². The minimum absolute atomic E-state index is 0.172. The van der Waals surface area contributed by atoms with Crippen LogP contribution in [0.3, 0.4) is 0 Å². The van der Waals surface area contributed by atoms with E-state index in [9.17, 15) is 31.4 Å². The lowest BCUT2D eigenvalue weighted by molar-refractivity contribution is -0.141. The van der Waals surface area contributed by atoms with Gasteiger partial charge in [-0.2, -0.15) is 36.0 Å². The van der Waals surface area contributed by atoms with Crippen molar-refractivity contribution < 1.29 is 31.4 Å². The second-order valence-electron chi connectivity index (χ2n) is 5.66. The van der Waals surface area contributed by atoms with Crippen LogP contribution in [-0.4, -0.2) is 29.8 Å². The highest BCUT2D eigenvalue weighted by molar-refractivity contribution is 6.32. The highest BCUT2D eigenvalue weighted by Crippen LogP contribution is 2.33. The number of rotatable bonds is 4. The van der Waals surface area contributed by atoms with Gasteiger partial charge in [-0.15, -0.1) is 5.10 Å². The summed E-state index contributed by atoms with van der Waals surface area (Å²) in [6.07, 6.45) is -9.39. The summed E-state index contributed by atoms with van der Waals surface area (Å²) in [6, 6.07) is 2.20. The van der Waals surface area contributed by atoms with E-state index in [0.29, 0.717) is 18.3 Å². The number of aromatic nitrogens is 5. The molecule has 0 radical (unpaired) electrons. The molecule has 0 saturated heterocycles. The van der Waals surface area contributed by atoms with Crippen molar-refractivity contribution in [3.05, 3.63) is 57.7 Å². The Balaban J connectivity index is 1.79. The fourth-order valence-electron chi connectivity index (χ4n) is 2.19. The number of hydrogen-bond donors (Lipinski definition) is 2. The first-order valence-electron chi connectivity index (χ1n) is 7.69. The second kappa shape index (κ2) is 7.89. The predicted molar refractivity (Wildman–Crippen MR) is 92.0 cm³/mol. The molecule has 3 heterocycles. The van der Waals surface area contributed by atoms with Crippen molar-refractivity contribution in [3.8, 4) is 5.82 Å². The molecule has 3 rings (SSSR count). The van der Waals surface area contributed by atoms with Crippen molar-refractivity contribution >= 4 is 29.2 Å². The van der Waals surface area contributed by atoms with E-state index in [1.807, 2.05) is 0 Å². The lowest BCUT2D eigenvalue weighted by atomic mass is 10.2. The molecule has 3 aromatic rings. The molecule has 0 fully saturated rings. The number of aliphatic hydroxyl groups is 1. The topological polar surface area (TPSA) is 88.8 Å². The van der Waals surface area contributed by atoms with Crippen LogP contribution in [0.25, 0.3) is 5.82 Å². The van der Waals surface area contributed by atoms with Crippen molar-refractivity contribution in [2.45, 2.75) is 18.6 Å². The highest BCUT2D eigenvalue weighted by Gasteiger charge is 2.34. The highest BCUT2D eigenvalue weighted by atomic mass is 35.5. The SMILES string of the molecule is OC(Nc1ncn(-c2ncc(C(F)(F)F)cc2Cl)n1)c1ccc(C(F)(F)F)nc1Cl. The van der Waals surface area contributed by atoms with Gasteiger partial charge in [0, 0.05) is 11.8 Å². The lowest BCUT2D eigenvalue weighted by Crippen LogP contribution is -2.14. The zero-order valence-electron chi connectivity index (χ0n) is 14.2. The maximum atomic E-state index is 12.7. The predicted octanol–water partition coefficient (Wildman–Crippen LogP) is 4.50. The van der Waals surface area contributed by atoms with E-state index in [4.69, 9.17) is 23.2 Å². The van der Waals surface area contributed by atoms with Crippen molar-refractivity contribution in [1.82, 2.24) is 24.7 Å². The minimum Gasteiger partial charge on any atom is -0.369 e. The molecule has 0 aromatic carbocycles. The monoisotopic (exact) mass is 472 g/mol. The molecule has 3 aromatic heterocycles. The minimum atomic E-state index is -4.71. The molecule has 0 amide bonds. The molecule has 160 valence electrons. The number of hydrogen-bond acceptors (Lipinski definition) is 6. The quantitative estimate of drug-likeness (QED) is 0.330. The van der Waals surface area contributed by atoms with E-state index in [1.54, 1.807) is 0 Å². The molecule has 2 N–H and O–H groups in total. The third-order valence-electron chi connectivity index (χ3n) is 3.59. The average molecular weight is 473 g/mol. The summed E-state index contributed by atoms with van der Waals surface area (Å²) in [5.41, 5.74) is -2.49. The van der Waals surface area contributed by atoms with Crippen LogP contribution in [0.4, 0.5) is 32.3 Å². The maximum Gasteiger partial charge on any atom is 0.433 e. The molecule has 0 aliphatic carbocycles. The molecule has 1 atom stereocenters. The van der Waals surface area contributed by atoms with Gasteiger partial charge in [-0.3, -0.25) is 0 Å². The molecule has 1 unspecified atom stereocenters. The van der Waals surface area contributed by atoms with Gasteiger partial charge in [0.1, 0.15) is 17.2 Å². The van der Waals surface area contributed by atoms with Crippen LogP contribution >= 0.6 is 23.2 Å². The van der Waals surface area contributed by atoms with Gasteiger partial charge in [-0.05, 0) is 18.2 Å². The summed E-state index contributed by atoms with van der Waals surface area (Å²) in [7, 11) is 0. The number of alkyl halides is 6. The first kappa shape index (κ1) is 22.1. The van der Waals surface area contributed by atoms with Crippen molar-refractivity contribution in [2.24, 2.45) is 0 Å². The van der Waals surface area contributed by atoms with E-state index in [1.165, 1.54) is 0 Å². The van der Waals surface area contributed by atoms with Gasteiger partial charge in [0.05, 0.1) is 10.6 Å². The normalized spacial score (nSPS) is 13.4. The van der Waals surface area contributed by atoms with Crippen LogP contribution in [0, 0.1) is 0 Å². The third kappa shape index (κ3) is 4.74. The summed E-state index contributed by atoms with van der Waals surface area (Å²) >= 11 is 11.5. The van der Waals surface area contributed by atoms with Gasteiger partial charge in [0.25, 0.3) is 0 Å². The lowest BCUT2D eigenvalue weighted by Gasteiger charge is -2.14. The Hall–Kier alpha value is -2.64. The number of aliphatic hydroxyl groups excluding tert-OH is 1. The Morgan fingerprint density at radius 3 is 2.30 bits per heavy atom. The summed E-state index contributed by atoms with van der Waals surface area (Å²) in [5.74, 6) is -0.412. The first-order chi connectivity index (χ1) is 13.9. The fourth-order valence-corrected chi connectivity index (χ4v) is 2.70. The van der Waals surface area contributed by atoms with Gasteiger partial charge >= 0.3 is 12.4 Å².